The zero-order chi connectivity index (χ0) is 22.9. The topological polar surface area (TPSA) is 93.7 Å². The summed E-state index contributed by atoms with van der Waals surface area (Å²) in [4.78, 5) is 36.0. The Bertz CT molecular complexity index is 943. The molecule has 0 saturated heterocycles. The second-order valence-corrected chi connectivity index (χ2v) is 7.84. The van der Waals surface area contributed by atoms with Crippen molar-refractivity contribution in [1.29, 1.82) is 0 Å². The standard InChI is InChI=1S/C24H28N2O5/c1-5-30-23(29)31-19-12-10-17(11-13-19)22(28)25-16-18-8-6-7-9-20(18)26-21(27)14-15-24(2,3)4/h6-15H,5,16H2,1-4H3,(H,25,28)(H,26,27)/b15-14+. The van der Waals surface area contributed by atoms with Crippen LogP contribution in [0.1, 0.15) is 43.6 Å². The van der Waals surface area contributed by atoms with Crippen LogP contribution >= 0.6 is 0 Å². The van der Waals surface area contributed by atoms with E-state index in [2.05, 4.69) is 10.6 Å². The fourth-order valence-corrected chi connectivity index (χ4v) is 2.49. The maximum atomic E-state index is 12.5. The van der Waals surface area contributed by atoms with Crippen molar-refractivity contribution in [2.75, 3.05) is 11.9 Å². The Labute approximate surface area is 182 Å². The summed E-state index contributed by atoms with van der Waals surface area (Å²) >= 11 is 0. The molecule has 0 radical (unpaired) electrons. The van der Waals surface area contributed by atoms with Gasteiger partial charge in [-0.05, 0) is 54.3 Å². The zero-order valence-corrected chi connectivity index (χ0v) is 18.2. The fraction of sp³-hybridized carbons (Fsp3) is 0.292. The minimum Gasteiger partial charge on any atom is -0.434 e. The first kappa shape index (κ1) is 23.7. The molecule has 0 unspecified atom stereocenters. The van der Waals surface area contributed by atoms with Crippen molar-refractivity contribution in [3.63, 3.8) is 0 Å². The molecule has 0 fully saturated rings. The lowest BCUT2D eigenvalue weighted by Gasteiger charge is -2.13. The van der Waals surface area contributed by atoms with E-state index < -0.39 is 6.16 Å². The first-order chi connectivity index (χ1) is 14.7. The summed E-state index contributed by atoms with van der Waals surface area (Å²) in [7, 11) is 0. The quantitative estimate of drug-likeness (QED) is 0.382. The highest BCUT2D eigenvalue weighted by atomic mass is 16.7. The minimum absolute atomic E-state index is 0.0955. The van der Waals surface area contributed by atoms with Gasteiger partial charge in [-0.1, -0.05) is 45.0 Å². The summed E-state index contributed by atoms with van der Waals surface area (Å²) in [5.74, 6) is -0.242. The van der Waals surface area contributed by atoms with E-state index in [0.717, 1.165) is 5.56 Å². The molecule has 164 valence electrons. The van der Waals surface area contributed by atoms with Crippen LogP contribution in [0.15, 0.2) is 60.7 Å². The molecule has 2 rings (SSSR count). The Kier molecular flexibility index (Phi) is 8.37. The molecule has 2 N–H and O–H groups in total. The Morgan fingerprint density at radius 2 is 1.68 bits per heavy atom. The molecule has 0 aromatic heterocycles. The molecular formula is C24H28N2O5. The summed E-state index contributed by atoms with van der Waals surface area (Å²) in [6, 6.07) is 13.4. The Morgan fingerprint density at radius 1 is 1.00 bits per heavy atom. The van der Waals surface area contributed by atoms with E-state index in [9.17, 15) is 14.4 Å². The summed E-state index contributed by atoms with van der Waals surface area (Å²) in [6.45, 7) is 8.16. The van der Waals surface area contributed by atoms with Gasteiger partial charge in [0.1, 0.15) is 5.75 Å². The summed E-state index contributed by atoms with van der Waals surface area (Å²) in [5, 5.41) is 5.67. The van der Waals surface area contributed by atoms with Gasteiger partial charge in [-0.15, -0.1) is 0 Å². The summed E-state index contributed by atoms with van der Waals surface area (Å²) < 4.78 is 9.68. The van der Waals surface area contributed by atoms with Gasteiger partial charge >= 0.3 is 6.16 Å². The van der Waals surface area contributed by atoms with Crippen molar-refractivity contribution in [3.8, 4) is 5.75 Å². The molecule has 0 aliphatic rings. The maximum Gasteiger partial charge on any atom is 0.513 e. The minimum atomic E-state index is -0.796. The number of ether oxygens (including phenoxy) is 2. The average molecular weight is 424 g/mol. The van der Waals surface area contributed by atoms with Gasteiger partial charge in [-0.3, -0.25) is 9.59 Å². The monoisotopic (exact) mass is 424 g/mol. The molecule has 0 atom stereocenters. The van der Waals surface area contributed by atoms with E-state index in [-0.39, 0.29) is 36.1 Å². The van der Waals surface area contributed by atoms with Crippen molar-refractivity contribution in [2.24, 2.45) is 5.41 Å². The molecule has 31 heavy (non-hydrogen) atoms. The van der Waals surface area contributed by atoms with Crippen LogP contribution in [0.2, 0.25) is 0 Å². The third-order valence-corrected chi connectivity index (χ3v) is 4.03. The van der Waals surface area contributed by atoms with Crippen molar-refractivity contribution < 1.29 is 23.9 Å². The molecule has 0 aliphatic carbocycles. The largest absolute Gasteiger partial charge is 0.513 e. The van der Waals surface area contributed by atoms with Crippen molar-refractivity contribution in [2.45, 2.75) is 34.2 Å². The van der Waals surface area contributed by atoms with Gasteiger partial charge in [0.2, 0.25) is 5.91 Å². The Morgan fingerprint density at radius 3 is 2.32 bits per heavy atom. The van der Waals surface area contributed by atoms with E-state index in [1.165, 1.54) is 18.2 Å². The number of carbonyl (C=O) groups excluding carboxylic acids is 3. The van der Waals surface area contributed by atoms with Crippen molar-refractivity contribution >= 4 is 23.7 Å². The van der Waals surface area contributed by atoms with Crippen molar-refractivity contribution in [1.82, 2.24) is 5.32 Å². The smallest absolute Gasteiger partial charge is 0.434 e. The van der Waals surface area contributed by atoms with Crippen LogP contribution in [-0.4, -0.2) is 24.6 Å². The third-order valence-electron chi connectivity index (χ3n) is 4.03. The van der Waals surface area contributed by atoms with Gasteiger partial charge in [0.05, 0.1) is 6.61 Å². The van der Waals surface area contributed by atoms with Crippen LogP contribution in [0.25, 0.3) is 0 Å². The van der Waals surface area contributed by atoms with Gasteiger partial charge in [0, 0.05) is 17.8 Å². The number of rotatable bonds is 7. The number of carbonyl (C=O) groups is 3. The first-order valence-corrected chi connectivity index (χ1v) is 9.99. The normalized spacial score (nSPS) is 11.1. The molecule has 0 saturated carbocycles. The molecule has 7 nitrogen and oxygen atoms in total. The number of anilines is 1. The van der Waals surface area contributed by atoms with Crippen LogP contribution in [0.5, 0.6) is 5.75 Å². The highest BCUT2D eigenvalue weighted by Gasteiger charge is 2.11. The average Bonchev–Trinajstić information content (AvgIpc) is 2.71. The van der Waals surface area contributed by atoms with Gasteiger partial charge in [0.25, 0.3) is 5.91 Å². The molecule has 7 heteroatoms. The molecule has 0 spiro atoms. The van der Waals surface area contributed by atoms with Gasteiger partial charge in [0.15, 0.2) is 0 Å². The number of benzene rings is 2. The fourth-order valence-electron chi connectivity index (χ4n) is 2.49. The van der Waals surface area contributed by atoms with E-state index in [0.29, 0.717) is 11.3 Å². The van der Waals surface area contributed by atoms with E-state index in [1.807, 2.05) is 45.0 Å². The van der Waals surface area contributed by atoms with Crippen LogP contribution in [0.4, 0.5) is 10.5 Å². The molecule has 2 aromatic rings. The van der Waals surface area contributed by atoms with Crippen LogP contribution in [0.3, 0.4) is 0 Å². The number of para-hydroxylation sites is 1. The molecule has 0 aliphatic heterocycles. The zero-order valence-electron chi connectivity index (χ0n) is 18.2. The predicted molar refractivity (Wildman–Crippen MR) is 119 cm³/mol. The van der Waals surface area contributed by atoms with Crippen LogP contribution < -0.4 is 15.4 Å². The number of hydrogen-bond acceptors (Lipinski definition) is 5. The highest BCUT2D eigenvalue weighted by Crippen LogP contribution is 2.18. The van der Waals surface area contributed by atoms with Gasteiger partial charge in [-0.25, -0.2) is 4.79 Å². The lowest BCUT2D eigenvalue weighted by Crippen LogP contribution is -2.23. The predicted octanol–water partition coefficient (Wildman–Crippen LogP) is 4.69. The molecule has 2 aromatic carbocycles. The Balaban J connectivity index is 1.97. The van der Waals surface area contributed by atoms with Crippen molar-refractivity contribution in [3.05, 3.63) is 71.8 Å². The lowest BCUT2D eigenvalue weighted by molar-refractivity contribution is -0.112. The van der Waals surface area contributed by atoms with E-state index in [1.54, 1.807) is 25.1 Å². The molecule has 0 bridgehead atoms. The molecule has 0 heterocycles. The number of amides is 2. The molecular weight excluding hydrogens is 396 g/mol. The SMILES string of the molecule is CCOC(=O)Oc1ccc(C(=O)NCc2ccccc2NC(=O)/C=C/C(C)(C)C)cc1. The van der Waals surface area contributed by atoms with Gasteiger partial charge in [-0.2, -0.15) is 0 Å². The first-order valence-electron chi connectivity index (χ1n) is 9.99. The summed E-state index contributed by atoms with van der Waals surface area (Å²) in [5.41, 5.74) is 1.72. The second-order valence-electron chi connectivity index (χ2n) is 7.84. The highest BCUT2D eigenvalue weighted by molar-refractivity contribution is 6.00. The van der Waals surface area contributed by atoms with E-state index >= 15 is 0 Å². The number of allylic oxidation sites excluding steroid dienone is 1. The second kappa shape index (κ2) is 11.0. The van der Waals surface area contributed by atoms with E-state index in [4.69, 9.17) is 9.47 Å². The van der Waals surface area contributed by atoms with Gasteiger partial charge < -0.3 is 20.1 Å². The lowest BCUT2D eigenvalue weighted by atomic mass is 9.96. The maximum absolute atomic E-state index is 12.5. The Hall–Kier alpha value is -3.61. The number of nitrogens with one attached hydrogen (secondary N) is 2. The summed E-state index contributed by atoms with van der Waals surface area (Å²) in [6.07, 6.45) is 2.55. The van der Waals surface area contributed by atoms with Crippen LogP contribution in [-0.2, 0) is 16.1 Å². The van der Waals surface area contributed by atoms with Crippen LogP contribution in [0, 0.1) is 5.41 Å². The number of hydrogen-bond donors (Lipinski definition) is 2. The molecule has 2 amide bonds. The third kappa shape index (κ3) is 8.34.